The van der Waals surface area contributed by atoms with Crippen LogP contribution in [0.25, 0.3) is 16.7 Å². The number of fused-ring (bicyclic) bond motifs is 1. The molecule has 3 aromatic rings. The Kier molecular flexibility index (Phi) is 4.50. The first kappa shape index (κ1) is 15.9. The van der Waals surface area contributed by atoms with Gasteiger partial charge in [0.15, 0.2) is 5.82 Å². The van der Waals surface area contributed by atoms with Crippen LogP contribution in [-0.2, 0) is 0 Å². The van der Waals surface area contributed by atoms with Crippen molar-refractivity contribution in [3.8, 4) is 11.7 Å². The molecule has 0 amide bonds. The monoisotopic (exact) mass is 337 g/mol. The second kappa shape index (κ2) is 7.09. The van der Waals surface area contributed by atoms with Crippen LogP contribution in [0.1, 0.15) is 39.0 Å². The van der Waals surface area contributed by atoms with Gasteiger partial charge in [0.25, 0.3) is 0 Å². The second-order valence-electron chi connectivity index (χ2n) is 6.38. The molecule has 25 heavy (non-hydrogen) atoms. The Hall–Kier alpha value is -2.63. The summed E-state index contributed by atoms with van der Waals surface area (Å²) < 4.78 is 7.51. The fourth-order valence-corrected chi connectivity index (χ4v) is 3.42. The van der Waals surface area contributed by atoms with E-state index in [0.29, 0.717) is 24.5 Å². The highest BCUT2D eigenvalue weighted by Crippen LogP contribution is 2.27. The van der Waals surface area contributed by atoms with E-state index in [1.54, 1.807) is 6.20 Å². The normalized spacial score (nSPS) is 15.4. The number of para-hydroxylation sites is 1. The largest absolute Gasteiger partial charge is 0.476 e. The average Bonchev–Trinajstić information content (AvgIpc) is 3.02. The topological polar surface area (TPSA) is 64.9 Å². The summed E-state index contributed by atoms with van der Waals surface area (Å²) in [6.45, 7) is 2.55. The van der Waals surface area contributed by atoms with Crippen molar-refractivity contribution in [1.29, 1.82) is 0 Å². The van der Waals surface area contributed by atoms with Gasteiger partial charge in [-0.15, -0.1) is 5.10 Å². The molecule has 1 saturated carbocycles. The molecule has 0 unspecified atom stereocenters. The molecule has 1 aromatic carbocycles. The zero-order valence-corrected chi connectivity index (χ0v) is 14.5. The molecule has 0 spiro atoms. The smallest absolute Gasteiger partial charge is 0.241 e. The standard InChI is InChI=1S/C19H23N5O/c1-2-25-18-15-10-6-7-11-16(15)24(23-18)17-12-13-20-19(22-17)21-14-8-4-3-5-9-14/h6-7,10-14H,2-5,8-9H2,1H3,(H,20,21,22). The molecule has 0 aliphatic heterocycles. The van der Waals surface area contributed by atoms with Crippen molar-refractivity contribution in [2.45, 2.75) is 45.1 Å². The highest BCUT2D eigenvalue weighted by atomic mass is 16.5. The van der Waals surface area contributed by atoms with Gasteiger partial charge in [-0.05, 0) is 31.9 Å². The van der Waals surface area contributed by atoms with Crippen LogP contribution in [0.2, 0.25) is 0 Å². The molecule has 6 heteroatoms. The Morgan fingerprint density at radius 1 is 1.16 bits per heavy atom. The number of ether oxygens (including phenoxy) is 1. The van der Waals surface area contributed by atoms with Crippen LogP contribution in [0.4, 0.5) is 5.95 Å². The Morgan fingerprint density at radius 2 is 2.00 bits per heavy atom. The van der Waals surface area contributed by atoms with Crippen LogP contribution in [0.5, 0.6) is 5.88 Å². The maximum Gasteiger partial charge on any atom is 0.241 e. The summed E-state index contributed by atoms with van der Waals surface area (Å²) >= 11 is 0. The van der Waals surface area contributed by atoms with Gasteiger partial charge in [-0.1, -0.05) is 31.4 Å². The number of rotatable bonds is 5. The highest BCUT2D eigenvalue weighted by molar-refractivity contribution is 5.85. The molecule has 2 aromatic heterocycles. The fourth-order valence-electron chi connectivity index (χ4n) is 3.42. The molecule has 0 saturated heterocycles. The molecule has 1 aliphatic carbocycles. The maximum absolute atomic E-state index is 5.68. The van der Waals surface area contributed by atoms with Gasteiger partial charge in [0.05, 0.1) is 17.5 Å². The first-order valence-electron chi connectivity index (χ1n) is 9.05. The van der Waals surface area contributed by atoms with Gasteiger partial charge in [-0.2, -0.15) is 4.98 Å². The van der Waals surface area contributed by atoms with Gasteiger partial charge in [-0.3, -0.25) is 0 Å². The Morgan fingerprint density at radius 3 is 2.84 bits per heavy atom. The van der Waals surface area contributed by atoms with Gasteiger partial charge in [0.2, 0.25) is 11.8 Å². The lowest BCUT2D eigenvalue weighted by atomic mass is 9.96. The summed E-state index contributed by atoms with van der Waals surface area (Å²) in [4.78, 5) is 9.07. The lowest BCUT2D eigenvalue weighted by molar-refractivity contribution is 0.328. The molecule has 1 N–H and O–H groups in total. The van der Waals surface area contributed by atoms with E-state index in [1.165, 1.54) is 32.1 Å². The molecule has 2 heterocycles. The molecule has 1 fully saturated rings. The van der Waals surface area contributed by atoms with Crippen molar-refractivity contribution in [2.24, 2.45) is 0 Å². The van der Waals surface area contributed by atoms with Gasteiger partial charge in [-0.25, -0.2) is 9.67 Å². The molecular formula is C19H23N5O. The van der Waals surface area contributed by atoms with Crippen LogP contribution >= 0.6 is 0 Å². The minimum atomic E-state index is 0.470. The molecule has 1 aliphatic rings. The number of benzene rings is 1. The van der Waals surface area contributed by atoms with Gasteiger partial charge in [0, 0.05) is 18.3 Å². The molecular weight excluding hydrogens is 314 g/mol. The lowest BCUT2D eigenvalue weighted by Gasteiger charge is -2.22. The SMILES string of the molecule is CCOc1nn(-c2ccnc(NC3CCCCC3)n2)c2ccccc12. The number of anilines is 1. The third kappa shape index (κ3) is 3.29. The van der Waals surface area contributed by atoms with E-state index in [-0.39, 0.29) is 0 Å². The van der Waals surface area contributed by atoms with E-state index in [1.807, 2.05) is 41.9 Å². The summed E-state index contributed by atoms with van der Waals surface area (Å²) in [7, 11) is 0. The van der Waals surface area contributed by atoms with Crippen LogP contribution in [0, 0.1) is 0 Å². The Labute approximate surface area is 147 Å². The van der Waals surface area contributed by atoms with Gasteiger partial charge in [0.1, 0.15) is 0 Å². The van der Waals surface area contributed by atoms with Crippen LogP contribution in [0.15, 0.2) is 36.5 Å². The van der Waals surface area contributed by atoms with Crippen molar-refractivity contribution < 1.29 is 4.74 Å². The quantitative estimate of drug-likeness (QED) is 0.763. The van der Waals surface area contributed by atoms with Gasteiger partial charge < -0.3 is 10.1 Å². The van der Waals surface area contributed by atoms with Crippen molar-refractivity contribution in [2.75, 3.05) is 11.9 Å². The molecule has 0 atom stereocenters. The minimum absolute atomic E-state index is 0.470. The predicted octanol–water partition coefficient (Wildman–Crippen LogP) is 3.96. The second-order valence-corrected chi connectivity index (χ2v) is 6.38. The first-order valence-corrected chi connectivity index (χ1v) is 9.05. The molecule has 0 bridgehead atoms. The minimum Gasteiger partial charge on any atom is -0.476 e. The summed E-state index contributed by atoms with van der Waals surface area (Å²) in [5.74, 6) is 2.05. The third-order valence-electron chi connectivity index (χ3n) is 4.63. The highest BCUT2D eigenvalue weighted by Gasteiger charge is 2.16. The van der Waals surface area contributed by atoms with E-state index in [2.05, 4.69) is 20.4 Å². The van der Waals surface area contributed by atoms with E-state index in [9.17, 15) is 0 Å². The molecule has 4 rings (SSSR count). The van der Waals surface area contributed by atoms with Gasteiger partial charge >= 0.3 is 0 Å². The Bertz CT molecular complexity index is 854. The molecule has 6 nitrogen and oxygen atoms in total. The summed E-state index contributed by atoms with van der Waals surface area (Å²) in [6.07, 6.45) is 8.04. The lowest BCUT2D eigenvalue weighted by Crippen LogP contribution is -2.23. The zero-order valence-electron chi connectivity index (χ0n) is 14.5. The van der Waals surface area contributed by atoms with Crippen molar-refractivity contribution in [3.05, 3.63) is 36.5 Å². The number of nitrogens with one attached hydrogen (secondary N) is 1. The Balaban J connectivity index is 1.67. The molecule has 0 radical (unpaired) electrons. The van der Waals surface area contributed by atoms with E-state index in [4.69, 9.17) is 4.74 Å². The predicted molar refractivity (Wildman–Crippen MR) is 98.3 cm³/mol. The van der Waals surface area contributed by atoms with Crippen molar-refractivity contribution in [1.82, 2.24) is 19.7 Å². The van der Waals surface area contributed by atoms with Crippen molar-refractivity contribution in [3.63, 3.8) is 0 Å². The first-order chi connectivity index (χ1) is 12.3. The maximum atomic E-state index is 5.68. The fraction of sp³-hybridized carbons (Fsp3) is 0.421. The third-order valence-corrected chi connectivity index (χ3v) is 4.63. The summed E-state index contributed by atoms with van der Waals surface area (Å²) in [6, 6.07) is 10.4. The average molecular weight is 337 g/mol. The summed E-state index contributed by atoms with van der Waals surface area (Å²) in [5, 5.41) is 9.08. The van der Waals surface area contributed by atoms with Crippen molar-refractivity contribution >= 4 is 16.9 Å². The zero-order chi connectivity index (χ0) is 17.1. The molecule has 130 valence electrons. The number of aromatic nitrogens is 4. The number of hydrogen-bond donors (Lipinski definition) is 1. The number of hydrogen-bond acceptors (Lipinski definition) is 5. The van der Waals surface area contributed by atoms with Crippen LogP contribution < -0.4 is 10.1 Å². The van der Waals surface area contributed by atoms with E-state index < -0.39 is 0 Å². The van der Waals surface area contributed by atoms with E-state index in [0.717, 1.165) is 16.7 Å². The van der Waals surface area contributed by atoms with E-state index >= 15 is 0 Å². The van der Waals surface area contributed by atoms with Crippen LogP contribution in [0.3, 0.4) is 0 Å². The number of nitrogens with zero attached hydrogens (tertiary/aromatic N) is 4. The van der Waals surface area contributed by atoms with Crippen LogP contribution in [-0.4, -0.2) is 32.4 Å². The summed E-state index contributed by atoms with van der Waals surface area (Å²) in [5.41, 5.74) is 0.980.